The molecule has 1 unspecified atom stereocenters. The molecule has 2 rings (SSSR count). The highest BCUT2D eigenvalue weighted by Crippen LogP contribution is 2.10. The minimum Gasteiger partial charge on any atom is -0.379 e. The fourth-order valence-electron chi connectivity index (χ4n) is 1.56. The fourth-order valence-corrected chi connectivity index (χ4v) is 1.56. The number of nitrogens with one attached hydrogen (secondary N) is 1. The Morgan fingerprint density at radius 2 is 2.25 bits per heavy atom. The van der Waals surface area contributed by atoms with E-state index in [4.69, 9.17) is 4.74 Å². The fraction of sp³-hybridized carbons (Fsp3) is 0.667. The molecule has 1 aliphatic rings. The first-order valence-electron chi connectivity index (χ1n) is 5.98. The van der Waals surface area contributed by atoms with Crippen LogP contribution in [0.1, 0.15) is 32.4 Å². The summed E-state index contributed by atoms with van der Waals surface area (Å²) in [4.78, 5) is 8.45. The molecule has 0 radical (unpaired) electrons. The highest BCUT2D eigenvalue weighted by Gasteiger charge is 2.14. The van der Waals surface area contributed by atoms with Crippen LogP contribution < -0.4 is 5.32 Å². The lowest BCUT2D eigenvalue weighted by atomic mass is 10.1. The topological polar surface area (TPSA) is 47.0 Å². The minimum atomic E-state index is 0.366. The quantitative estimate of drug-likeness (QED) is 0.836. The SMILES string of the molecule is CC.Cc1ccnc(NC2CCCOC2)n1. The van der Waals surface area contributed by atoms with Crippen molar-refractivity contribution >= 4 is 5.95 Å². The lowest BCUT2D eigenvalue weighted by Gasteiger charge is -2.22. The van der Waals surface area contributed by atoms with E-state index >= 15 is 0 Å². The van der Waals surface area contributed by atoms with Crippen LogP contribution in [0.3, 0.4) is 0 Å². The van der Waals surface area contributed by atoms with E-state index in [-0.39, 0.29) is 0 Å². The molecule has 1 aliphatic heterocycles. The van der Waals surface area contributed by atoms with E-state index in [9.17, 15) is 0 Å². The van der Waals surface area contributed by atoms with Gasteiger partial charge in [-0.05, 0) is 25.8 Å². The second kappa shape index (κ2) is 7.17. The van der Waals surface area contributed by atoms with E-state index in [1.807, 2.05) is 26.8 Å². The molecule has 0 spiro atoms. The van der Waals surface area contributed by atoms with Gasteiger partial charge in [0.2, 0.25) is 5.95 Å². The van der Waals surface area contributed by atoms with Crippen LogP contribution in [-0.2, 0) is 4.74 Å². The molecule has 0 amide bonds. The molecule has 1 saturated heterocycles. The van der Waals surface area contributed by atoms with Gasteiger partial charge in [0.25, 0.3) is 0 Å². The Morgan fingerprint density at radius 1 is 1.44 bits per heavy atom. The van der Waals surface area contributed by atoms with Crippen LogP contribution in [0.4, 0.5) is 5.95 Å². The van der Waals surface area contributed by atoms with Crippen molar-refractivity contribution in [1.82, 2.24) is 9.97 Å². The second-order valence-corrected chi connectivity index (χ2v) is 3.58. The molecule has 1 aromatic heterocycles. The number of anilines is 1. The lowest BCUT2D eigenvalue weighted by molar-refractivity contribution is 0.0874. The van der Waals surface area contributed by atoms with Crippen molar-refractivity contribution in [2.45, 2.75) is 39.7 Å². The Hall–Kier alpha value is -1.16. The number of nitrogens with zero attached hydrogens (tertiary/aromatic N) is 2. The maximum absolute atomic E-state index is 5.37. The van der Waals surface area contributed by atoms with Gasteiger partial charge < -0.3 is 10.1 Å². The normalized spacial score (nSPS) is 19.6. The Morgan fingerprint density at radius 3 is 2.88 bits per heavy atom. The summed E-state index contributed by atoms with van der Waals surface area (Å²) in [7, 11) is 0. The van der Waals surface area contributed by atoms with Crippen LogP contribution in [0.2, 0.25) is 0 Å². The Kier molecular flexibility index (Phi) is 5.78. The molecule has 1 aromatic rings. The minimum absolute atomic E-state index is 0.366. The van der Waals surface area contributed by atoms with Gasteiger partial charge >= 0.3 is 0 Å². The van der Waals surface area contributed by atoms with Gasteiger partial charge in [0.05, 0.1) is 12.6 Å². The zero-order chi connectivity index (χ0) is 11.8. The van der Waals surface area contributed by atoms with E-state index in [1.165, 1.54) is 0 Å². The summed E-state index contributed by atoms with van der Waals surface area (Å²) in [5.41, 5.74) is 0.985. The molecule has 0 aromatic carbocycles. The van der Waals surface area contributed by atoms with E-state index in [1.54, 1.807) is 6.20 Å². The highest BCUT2D eigenvalue weighted by molar-refractivity contribution is 5.26. The Bertz CT molecular complexity index is 298. The van der Waals surface area contributed by atoms with Crippen molar-refractivity contribution in [2.75, 3.05) is 18.5 Å². The van der Waals surface area contributed by atoms with Gasteiger partial charge in [-0.15, -0.1) is 0 Å². The Balaban J connectivity index is 0.000000606. The van der Waals surface area contributed by atoms with Crippen molar-refractivity contribution in [3.05, 3.63) is 18.0 Å². The van der Waals surface area contributed by atoms with Crippen LogP contribution in [0.15, 0.2) is 12.3 Å². The van der Waals surface area contributed by atoms with Crippen LogP contribution >= 0.6 is 0 Å². The number of aryl methyl sites for hydroxylation is 1. The van der Waals surface area contributed by atoms with Crippen LogP contribution in [-0.4, -0.2) is 29.2 Å². The maximum atomic E-state index is 5.37. The monoisotopic (exact) mass is 223 g/mol. The Labute approximate surface area is 97.5 Å². The lowest BCUT2D eigenvalue weighted by Crippen LogP contribution is -2.30. The van der Waals surface area contributed by atoms with Gasteiger partial charge in [-0.1, -0.05) is 13.8 Å². The van der Waals surface area contributed by atoms with E-state index < -0.39 is 0 Å². The molecule has 2 heterocycles. The zero-order valence-electron chi connectivity index (χ0n) is 10.4. The molecule has 1 atom stereocenters. The molecule has 0 bridgehead atoms. The summed E-state index contributed by atoms with van der Waals surface area (Å²) in [5.74, 6) is 0.709. The number of rotatable bonds is 2. The molecule has 4 heteroatoms. The number of hydrogen-bond donors (Lipinski definition) is 1. The van der Waals surface area contributed by atoms with Crippen molar-refractivity contribution < 1.29 is 4.74 Å². The summed E-state index contributed by atoms with van der Waals surface area (Å²) < 4.78 is 5.37. The van der Waals surface area contributed by atoms with E-state index in [2.05, 4.69) is 15.3 Å². The first-order valence-corrected chi connectivity index (χ1v) is 5.98. The molecule has 16 heavy (non-hydrogen) atoms. The third-order valence-electron chi connectivity index (χ3n) is 2.29. The molecular weight excluding hydrogens is 202 g/mol. The van der Waals surface area contributed by atoms with Crippen LogP contribution in [0, 0.1) is 6.92 Å². The molecule has 0 aliphatic carbocycles. The molecule has 1 fully saturated rings. The van der Waals surface area contributed by atoms with E-state index in [0.717, 1.165) is 31.7 Å². The number of ether oxygens (including phenoxy) is 1. The second-order valence-electron chi connectivity index (χ2n) is 3.58. The average Bonchev–Trinajstić information content (AvgIpc) is 2.33. The first kappa shape index (κ1) is 12.9. The largest absolute Gasteiger partial charge is 0.379 e. The highest BCUT2D eigenvalue weighted by atomic mass is 16.5. The summed E-state index contributed by atoms with van der Waals surface area (Å²) in [6, 6.07) is 2.26. The van der Waals surface area contributed by atoms with Gasteiger partial charge in [-0.2, -0.15) is 0 Å². The summed E-state index contributed by atoms with van der Waals surface area (Å²) in [5, 5.41) is 3.27. The maximum Gasteiger partial charge on any atom is 0.223 e. The standard InChI is InChI=1S/C10H15N3O.C2H6/c1-8-4-5-11-10(12-8)13-9-3-2-6-14-7-9;1-2/h4-5,9H,2-3,6-7H2,1H3,(H,11,12,13);1-2H3. The van der Waals surface area contributed by atoms with Gasteiger partial charge in [0.15, 0.2) is 0 Å². The van der Waals surface area contributed by atoms with Crippen LogP contribution in [0.5, 0.6) is 0 Å². The third-order valence-corrected chi connectivity index (χ3v) is 2.29. The zero-order valence-corrected chi connectivity index (χ0v) is 10.4. The molecule has 1 N–H and O–H groups in total. The van der Waals surface area contributed by atoms with Crippen molar-refractivity contribution in [3.8, 4) is 0 Å². The molecular formula is C12H21N3O. The molecule has 90 valence electrons. The smallest absolute Gasteiger partial charge is 0.223 e. The van der Waals surface area contributed by atoms with Crippen molar-refractivity contribution in [2.24, 2.45) is 0 Å². The van der Waals surface area contributed by atoms with Crippen molar-refractivity contribution in [1.29, 1.82) is 0 Å². The summed E-state index contributed by atoms with van der Waals surface area (Å²) in [6.07, 6.45) is 4.02. The predicted molar refractivity (Wildman–Crippen MR) is 65.6 cm³/mol. The van der Waals surface area contributed by atoms with E-state index in [0.29, 0.717) is 12.0 Å². The summed E-state index contributed by atoms with van der Waals surface area (Å²) in [6.45, 7) is 7.61. The predicted octanol–water partition coefficient (Wildman–Crippen LogP) is 2.40. The number of hydrogen-bond acceptors (Lipinski definition) is 4. The average molecular weight is 223 g/mol. The van der Waals surface area contributed by atoms with Gasteiger partial charge in [-0.3, -0.25) is 0 Å². The van der Waals surface area contributed by atoms with Gasteiger partial charge in [0.1, 0.15) is 0 Å². The molecule has 4 nitrogen and oxygen atoms in total. The number of aromatic nitrogens is 2. The van der Waals surface area contributed by atoms with Crippen LogP contribution in [0.25, 0.3) is 0 Å². The van der Waals surface area contributed by atoms with Crippen molar-refractivity contribution in [3.63, 3.8) is 0 Å². The first-order chi connectivity index (χ1) is 7.84. The molecule has 0 saturated carbocycles. The summed E-state index contributed by atoms with van der Waals surface area (Å²) >= 11 is 0. The van der Waals surface area contributed by atoms with Gasteiger partial charge in [0, 0.05) is 18.5 Å². The van der Waals surface area contributed by atoms with Gasteiger partial charge in [-0.25, -0.2) is 9.97 Å². The third kappa shape index (κ3) is 4.14.